The molecule has 8 heteroatoms. The lowest BCUT2D eigenvalue weighted by molar-refractivity contribution is -0.440. The minimum atomic E-state index is -1.83. The molecule has 0 unspecified atom stereocenters. The third kappa shape index (κ3) is 20.5. The van der Waals surface area contributed by atoms with Gasteiger partial charge in [0.25, 0.3) is 0 Å². The van der Waals surface area contributed by atoms with Crippen LogP contribution in [0.1, 0.15) is 34.6 Å². The van der Waals surface area contributed by atoms with Crippen molar-refractivity contribution < 1.29 is 39.4 Å². The van der Waals surface area contributed by atoms with Gasteiger partial charge in [-0.2, -0.15) is 4.89 Å². The highest BCUT2D eigenvalue weighted by Gasteiger charge is 2.27. The summed E-state index contributed by atoms with van der Waals surface area (Å²) in [7, 11) is 0. The number of rotatable bonds is 3. The molecule has 0 rings (SSSR count). The summed E-state index contributed by atoms with van der Waals surface area (Å²) >= 11 is 0. The van der Waals surface area contributed by atoms with Crippen molar-refractivity contribution in [3.8, 4) is 0 Å². The van der Waals surface area contributed by atoms with Crippen molar-refractivity contribution in [1.29, 1.82) is 0 Å². The monoisotopic (exact) mass is 254 g/mol. The standard InChI is InChI=1S/C8H16O5.CH2O3/c1-7(2,3)12-13-8(4,5)11-6(9)10;2-1(3)4/h1-5H3,(H,9,10);(H2,2,3,4). The van der Waals surface area contributed by atoms with Gasteiger partial charge in [-0.1, -0.05) is 0 Å². The van der Waals surface area contributed by atoms with Gasteiger partial charge in [-0.15, -0.1) is 0 Å². The van der Waals surface area contributed by atoms with Crippen molar-refractivity contribution in [2.45, 2.75) is 46.0 Å². The van der Waals surface area contributed by atoms with Crippen LogP contribution in [-0.2, 0) is 14.5 Å². The van der Waals surface area contributed by atoms with Crippen LogP contribution in [0.15, 0.2) is 0 Å². The van der Waals surface area contributed by atoms with E-state index in [0.717, 1.165) is 0 Å². The second-order valence-electron chi connectivity index (χ2n) is 4.33. The molecule has 0 fully saturated rings. The predicted octanol–water partition coefficient (Wildman–Crippen LogP) is 2.39. The minimum Gasteiger partial charge on any atom is -0.450 e. The quantitative estimate of drug-likeness (QED) is 0.303. The summed E-state index contributed by atoms with van der Waals surface area (Å²) in [6.07, 6.45) is -3.23. The van der Waals surface area contributed by atoms with Crippen molar-refractivity contribution in [3.05, 3.63) is 0 Å². The first kappa shape index (κ1) is 17.8. The largest absolute Gasteiger partial charge is 0.508 e. The SMILES string of the molecule is CC(C)(C)OOC(C)(C)OC(=O)O.O=C(O)O. The topological polar surface area (TPSA) is 123 Å². The minimum absolute atomic E-state index is 0.501. The molecule has 0 spiro atoms. The number of carbonyl (C=O) groups is 2. The smallest absolute Gasteiger partial charge is 0.450 e. The third-order valence-electron chi connectivity index (χ3n) is 0.825. The molecule has 0 amide bonds. The van der Waals surface area contributed by atoms with E-state index in [-0.39, 0.29) is 0 Å². The summed E-state index contributed by atoms with van der Waals surface area (Å²) in [5.41, 5.74) is -0.501. The van der Waals surface area contributed by atoms with Gasteiger partial charge < -0.3 is 20.1 Å². The molecule has 0 bridgehead atoms. The molecule has 3 N–H and O–H groups in total. The molecule has 0 aromatic heterocycles. The van der Waals surface area contributed by atoms with Crippen LogP contribution < -0.4 is 0 Å². The van der Waals surface area contributed by atoms with Crippen molar-refractivity contribution in [2.24, 2.45) is 0 Å². The lowest BCUT2D eigenvalue weighted by atomic mass is 10.2. The van der Waals surface area contributed by atoms with Crippen LogP contribution in [0.2, 0.25) is 0 Å². The van der Waals surface area contributed by atoms with Crippen LogP contribution in [0.25, 0.3) is 0 Å². The Bertz CT molecular complexity index is 248. The number of carboxylic acid groups (broad SMARTS) is 3. The Balaban J connectivity index is 0. The summed E-state index contributed by atoms with van der Waals surface area (Å²) in [6.45, 7) is 8.25. The molecule has 0 atom stereocenters. The molecule has 0 heterocycles. The van der Waals surface area contributed by atoms with Gasteiger partial charge in [0.15, 0.2) is 0 Å². The Morgan fingerprint density at radius 1 is 0.882 bits per heavy atom. The van der Waals surface area contributed by atoms with Crippen LogP contribution in [0.5, 0.6) is 0 Å². The average Bonchev–Trinajstić information content (AvgIpc) is 1.96. The molecule has 8 nitrogen and oxygen atoms in total. The zero-order chi connectivity index (χ0) is 14.3. The van der Waals surface area contributed by atoms with E-state index in [0.29, 0.717) is 0 Å². The van der Waals surface area contributed by atoms with Crippen LogP contribution in [0.3, 0.4) is 0 Å². The van der Waals surface area contributed by atoms with E-state index in [9.17, 15) is 4.79 Å². The fourth-order valence-corrected chi connectivity index (χ4v) is 0.453. The van der Waals surface area contributed by atoms with Crippen LogP contribution in [0.4, 0.5) is 9.59 Å². The van der Waals surface area contributed by atoms with Crippen LogP contribution in [-0.4, -0.2) is 39.0 Å². The molecule has 102 valence electrons. The van der Waals surface area contributed by atoms with Gasteiger partial charge in [-0.3, -0.25) is 0 Å². The summed E-state index contributed by atoms with van der Waals surface area (Å²) in [6, 6.07) is 0. The molecule has 17 heavy (non-hydrogen) atoms. The van der Waals surface area contributed by atoms with Gasteiger partial charge in [0.2, 0.25) is 5.79 Å². The second-order valence-corrected chi connectivity index (χ2v) is 4.33. The number of ether oxygens (including phenoxy) is 1. The third-order valence-corrected chi connectivity index (χ3v) is 0.825. The summed E-state index contributed by atoms with van der Waals surface area (Å²) < 4.78 is 4.40. The maximum atomic E-state index is 10.2. The van der Waals surface area contributed by atoms with E-state index in [2.05, 4.69) is 4.74 Å². The van der Waals surface area contributed by atoms with Gasteiger partial charge in [0.05, 0.1) is 5.60 Å². The van der Waals surface area contributed by atoms with Crippen LogP contribution >= 0.6 is 0 Å². The van der Waals surface area contributed by atoms with Gasteiger partial charge in [0, 0.05) is 13.8 Å². The van der Waals surface area contributed by atoms with Gasteiger partial charge in [0.1, 0.15) is 0 Å². The zero-order valence-electron chi connectivity index (χ0n) is 10.4. The highest BCUT2D eigenvalue weighted by molar-refractivity contribution is 5.57. The van der Waals surface area contributed by atoms with Crippen molar-refractivity contribution >= 4 is 12.3 Å². The molecule has 0 aromatic rings. The van der Waals surface area contributed by atoms with E-state index < -0.39 is 23.7 Å². The van der Waals surface area contributed by atoms with Gasteiger partial charge >= 0.3 is 12.3 Å². The Morgan fingerprint density at radius 3 is 1.47 bits per heavy atom. The first-order valence-corrected chi connectivity index (χ1v) is 4.56. The van der Waals surface area contributed by atoms with Crippen LogP contribution in [0, 0.1) is 0 Å². The molecule has 0 aliphatic rings. The first-order chi connectivity index (χ1) is 7.36. The van der Waals surface area contributed by atoms with Crippen molar-refractivity contribution in [1.82, 2.24) is 0 Å². The second kappa shape index (κ2) is 6.92. The van der Waals surface area contributed by atoms with Crippen molar-refractivity contribution in [2.75, 3.05) is 0 Å². The Morgan fingerprint density at radius 2 is 1.24 bits per heavy atom. The molecule has 0 saturated heterocycles. The normalized spacial score (nSPS) is 11.1. The molecular formula is C9H18O8. The first-order valence-electron chi connectivity index (χ1n) is 4.56. The summed E-state index contributed by atoms with van der Waals surface area (Å²) in [5, 5.41) is 22.3. The van der Waals surface area contributed by atoms with Crippen molar-refractivity contribution in [3.63, 3.8) is 0 Å². The highest BCUT2D eigenvalue weighted by atomic mass is 17.2. The maximum absolute atomic E-state index is 10.2. The molecule has 0 aliphatic heterocycles. The molecule has 0 aliphatic carbocycles. The zero-order valence-corrected chi connectivity index (χ0v) is 10.4. The molecule has 0 saturated carbocycles. The lowest BCUT2D eigenvalue weighted by Crippen LogP contribution is -2.34. The number of hydrogen-bond acceptors (Lipinski definition) is 5. The fraction of sp³-hybridized carbons (Fsp3) is 0.778. The summed E-state index contributed by atoms with van der Waals surface area (Å²) in [5.74, 6) is -1.29. The van der Waals surface area contributed by atoms with Gasteiger partial charge in [-0.25, -0.2) is 14.5 Å². The van der Waals surface area contributed by atoms with E-state index in [4.69, 9.17) is 29.9 Å². The molecule has 0 radical (unpaired) electrons. The predicted molar refractivity (Wildman–Crippen MR) is 55.8 cm³/mol. The van der Waals surface area contributed by atoms with E-state index >= 15 is 0 Å². The Kier molecular flexibility index (Phi) is 7.26. The van der Waals surface area contributed by atoms with E-state index in [1.54, 1.807) is 20.8 Å². The average molecular weight is 254 g/mol. The van der Waals surface area contributed by atoms with E-state index in [1.807, 2.05) is 0 Å². The molecule has 0 aromatic carbocycles. The summed E-state index contributed by atoms with van der Waals surface area (Å²) in [4.78, 5) is 28.4. The van der Waals surface area contributed by atoms with Gasteiger partial charge in [-0.05, 0) is 20.8 Å². The highest BCUT2D eigenvalue weighted by Crippen LogP contribution is 2.17. The maximum Gasteiger partial charge on any atom is 0.508 e. The molecular weight excluding hydrogens is 236 g/mol. The number of hydrogen-bond donors (Lipinski definition) is 3. The Labute approximate surface area is 98.6 Å². The Hall–Kier alpha value is -1.54. The van der Waals surface area contributed by atoms with E-state index in [1.165, 1.54) is 13.8 Å². The fourth-order valence-electron chi connectivity index (χ4n) is 0.453. The lowest BCUT2D eigenvalue weighted by Gasteiger charge is -2.26.